The van der Waals surface area contributed by atoms with Crippen LogP contribution in [-0.4, -0.2) is 43.7 Å². The fourth-order valence-electron chi connectivity index (χ4n) is 4.63. The first-order valence-electron chi connectivity index (χ1n) is 11.3. The van der Waals surface area contributed by atoms with Crippen LogP contribution in [0.25, 0.3) is 11.1 Å². The Bertz CT molecular complexity index is 1110. The molecule has 1 N–H and O–H groups in total. The molecule has 0 spiro atoms. The summed E-state index contributed by atoms with van der Waals surface area (Å²) in [5.41, 5.74) is 5.25. The van der Waals surface area contributed by atoms with Gasteiger partial charge in [-0.3, -0.25) is 4.79 Å². The maximum atomic E-state index is 12.5. The van der Waals surface area contributed by atoms with Crippen molar-refractivity contribution < 1.29 is 9.53 Å². The number of nitrogens with one attached hydrogen (secondary N) is 1. The van der Waals surface area contributed by atoms with E-state index in [9.17, 15) is 10.1 Å². The van der Waals surface area contributed by atoms with Crippen molar-refractivity contribution in [2.45, 2.75) is 24.9 Å². The van der Waals surface area contributed by atoms with E-state index in [1.54, 1.807) is 7.11 Å². The number of amides is 1. The molecule has 1 fully saturated rings. The van der Waals surface area contributed by atoms with Crippen LogP contribution >= 0.6 is 0 Å². The van der Waals surface area contributed by atoms with Gasteiger partial charge in [0.1, 0.15) is 6.61 Å². The lowest BCUT2D eigenvalue weighted by atomic mass is 9.85. The van der Waals surface area contributed by atoms with Gasteiger partial charge in [0.25, 0.3) is 0 Å². The summed E-state index contributed by atoms with van der Waals surface area (Å²) >= 11 is 0. The first-order chi connectivity index (χ1) is 16.2. The number of nitrogens with zero attached hydrogens (tertiary/aromatic N) is 2. The summed E-state index contributed by atoms with van der Waals surface area (Å²) in [6, 6.07) is 29.0. The van der Waals surface area contributed by atoms with E-state index in [1.165, 1.54) is 5.56 Å². The quantitative estimate of drug-likeness (QED) is 0.595. The van der Waals surface area contributed by atoms with E-state index >= 15 is 0 Å². The molecular formula is C28H29N3O2. The van der Waals surface area contributed by atoms with E-state index < -0.39 is 0 Å². The normalized spacial score (nSPS) is 18.0. The van der Waals surface area contributed by atoms with Crippen molar-refractivity contribution in [1.82, 2.24) is 10.2 Å². The third-order valence-electron chi connectivity index (χ3n) is 6.33. The number of piperidine rings is 1. The van der Waals surface area contributed by atoms with E-state index in [0.717, 1.165) is 23.1 Å². The Kier molecular flexibility index (Phi) is 7.51. The molecule has 0 saturated carbocycles. The zero-order chi connectivity index (χ0) is 23.0. The summed E-state index contributed by atoms with van der Waals surface area (Å²) in [7, 11) is 1.56. The van der Waals surface area contributed by atoms with E-state index in [0.29, 0.717) is 25.2 Å². The van der Waals surface area contributed by atoms with Crippen LogP contribution in [0.2, 0.25) is 0 Å². The van der Waals surface area contributed by atoms with Gasteiger partial charge >= 0.3 is 0 Å². The molecule has 1 saturated heterocycles. The van der Waals surface area contributed by atoms with Crippen molar-refractivity contribution in [3.63, 3.8) is 0 Å². The molecule has 1 aliphatic heterocycles. The molecule has 3 aromatic carbocycles. The van der Waals surface area contributed by atoms with E-state index in [4.69, 9.17) is 4.74 Å². The Balaban J connectivity index is 1.57. The standard InChI is InChI=1S/C28H29N3O2/c1-33-20-28(32)31-15-14-27(26(19-31)23-10-6-3-7-11-23)30-18-24-16-21(17-29)12-13-25(24)22-8-4-2-5-9-22/h2-13,16,26-27,30H,14-15,18-20H2,1H3/t26-,27-/m0/s1. The summed E-state index contributed by atoms with van der Waals surface area (Å²) in [5.74, 6) is 0.213. The second-order valence-electron chi connectivity index (χ2n) is 8.42. The van der Waals surface area contributed by atoms with Crippen LogP contribution in [0.15, 0.2) is 78.9 Å². The van der Waals surface area contributed by atoms with Gasteiger partial charge in [0, 0.05) is 38.7 Å². The van der Waals surface area contributed by atoms with E-state index in [2.05, 4.69) is 35.7 Å². The van der Waals surface area contributed by atoms with Crippen LogP contribution in [-0.2, 0) is 16.1 Å². The van der Waals surface area contributed by atoms with Gasteiger partial charge in [-0.2, -0.15) is 5.26 Å². The lowest BCUT2D eigenvalue weighted by molar-refractivity contribution is -0.136. The van der Waals surface area contributed by atoms with Crippen LogP contribution < -0.4 is 5.32 Å². The predicted octanol–water partition coefficient (Wildman–Crippen LogP) is 4.35. The number of nitriles is 1. The van der Waals surface area contributed by atoms with Crippen molar-refractivity contribution in [3.8, 4) is 17.2 Å². The van der Waals surface area contributed by atoms with Gasteiger partial charge < -0.3 is 15.0 Å². The second kappa shape index (κ2) is 10.9. The molecule has 0 aromatic heterocycles. The molecule has 5 heteroatoms. The lowest BCUT2D eigenvalue weighted by Gasteiger charge is -2.39. The van der Waals surface area contributed by atoms with Gasteiger partial charge in [0.2, 0.25) is 5.91 Å². The number of hydrogen-bond acceptors (Lipinski definition) is 4. The lowest BCUT2D eigenvalue weighted by Crippen LogP contribution is -2.50. The highest BCUT2D eigenvalue weighted by molar-refractivity contribution is 5.77. The average molecular weight is 440 g/mol. The van der Waals surface area contributed by atoms with Crippen LogP contribution in [0.1, 0.15) is 29.0 Å². The first-order valence-corrected chi connectivity index (χ1v) is 11.3. The number of carbonyl (C=O) groups is 1. The van der Waals surface area contributed by atoms with Crippen LogP contribution in [0, 0.1) is 11.3 Å². The average Bonchev–Trinajstić information content (AvgIpc) is 2.88. The monoisotopic (exact) mass is 439 g/mol. The molecule has 0 bridgehead atoms. The summed E-state index contributed by atoms with van der Waals surface area (Å²) in [6.07, 6.45) is 0.855. The van der Waals surface area contributed by atoms with Crippen molar-refractivity contribution >= 4 is 5.91 Å². The van der Waals surface area contributed by atoms with Crippen LogP contribution in [0.5, 0.6) is 0 Å². The third-order valence-corrected chi connectivity index (χ3v) is 6.33. The number of benzene rings is 3. The maximum Gasteiger partial charge on any atom is 0.248 e. The Morgan fingerprint density at radius 2 is 1.82 bits per heavy atom. The number of hydrogen-bond donors (Lipinski definition) is 1. The fourth-order valence-corrected chi connectivity index (χ4v) is 4.63. The second-order valence-corrected chi connectivity index (χ2v) is 8.42. The van der Waals surface area contributed by atoms with Crippen LogP contribution in [0.4, 0.5) is 0 Å². The van der Waals surface area contributed by atoms with E-state index in [-0.39, 0.29) is 24.5 Å². The molecule has 2 atom stereocenters. The maximum absolute atomic E-state index is 12.5. The molecule has 0 unspecified atom stereocenters. The number of carbonyl (C=O) groups excluding carboxylic acids is 1. The molecule has 5 nitrogen and oxygen atoms in total. The Morgan fingerprint density at radius 1 is 1.09 bits per heavy atom. The minimum atomic E-state index is 0.0324. The Hall–Kier alpha value is -3.46. The molecule has 33 heavy (non-hydrogen) atoms. The number of likely N-dealkylation sites (tertiary alicyclic amines) is 1. The highest BCUT2D eigenvalue weighted by Crippen LogP contribution is 2.29. The highest BCUT2D eigenvalue weighted by atomic mass is 16.5. The largest absolute Gasteiger partial charge is 0.375 e. The molecule has 4 rings (SSSR count). The van der Waals surface area contributed by atoms with Gasteiger partial charge in [-0.25, -0.2) is 0 Å². The SMILES string of the molecule is COCC(=O)N1CC[C@H](NCc2cc(C#N)ccc2-c2ccccc2)[C@H](c2ccccc2)C1. The van der Waals surface area contributed by atoms with Crippen molar-refractivity contribution in [2.75, 3.05) is 26.8 Å². The topological polar surface area (TPSA) is 65.4 Å². The first kappa shape index (κ1) is 22.7. The molecule has 0 aliphatic carbocycles. The Morgan fingerprint density at radius 3 is 2.52 bits per heavy atom. The molecule has 0 radical (unpaired) electrons. The molecule has 3 aromatic rings. The van der Waals surface area contributed by atoms with Crippen molar-refractivity contribution in [2.24, 2.45) is 0 Å². The minimum absolute atomic E-state index is 0.0324. The van der Waals surface area contributed by atoms with Gasteiger partial charge in [-0.05, 0) is 40.8 Å². The van der Waals surface area contributed by atoms with Crippen molar-refractivity contribution in [3.05, 3.63) is 95.6 Å². The van der Waals surface area contributed by atoms with Gasteiger partial charge in [-0.1, -0.05) is 66.7 Å². The minimum Gasteiger partial charge on any atom is -0.375 e. The zero-order valence-electron chi connectivity index (χ0n) is 18.9. The Labute approximate surface area is 195 Å². The summed E-state index contributed by atoms with van der Waals surface area (Å²) in [5, 5.41) is 13.2. The van der Waals surface area contributed by atoms with E-state index in [1.807, 2.05) is 59.5 Å². The summed E-state index contributed by atoms with van der Waals surface area (Å²) in [4.78, 5) is 14.4. The fraction of sp³-hybridized carbons (Fsp3) is 0.286. The molecule has 1 heterocycles. The zero-order valence-corrected chi connectivity index (χ0v) is 18.9. The highest BCUT2D eigenvalue weighted by Gasteiger charge is 2.32. The molecular weight excluding hydrogens is 410 g/mol. The molecule has 1 aliphatic rings. The molecule has 1 amide bonds. The third kappa shape index (κ3) is 5.48. The van der Waals surface area contributed by atoms with Crippen LogP contribution in [0.3, 0.4) is 0 Å². The van der Waals surface area contributed by atoms with Crippen molar-refractivity contribution in [1.29, 1.82) is 5.26 Å². The molecule has 168 valence electrons. The predicted molar refractivity (Wildman–Crippen MR) is 129 cm³/mol. The summed E-state index contributed by atoms with van der Waals surface area (Å²) < 4.78 is 5.07. The summed E-state index contributed by atoms with van der Waals surface area (Å²) in [6.45, 7) is 2.13. The number of methoxy groups -OCH3 is 1. The van der Waals surface area contributed by atoms with Gasteiger partial charge in [-0.15, -0.1) is 0 Å². The smallest absolute Gasteiger partial charge is 0.248 e. The van der Waals surface area contributed by atoms with Gasteiger partial charge in [0.15, 0.2) is 0 Å². The number of ether oxygens (including phenoxy) is 1. The number of rotatable bonds is 7. The van der Waals surface area contributed by atoms with Gasteiger partial charge in [0.05, 0.1) is 11.6 Å².